The SMILES string of the molecule is O=C(Nc1cnn(CC2COc3ccccc3O2)c1)c1ccc(F)c(F)c1. The van der Waals surface area contributed by atoms with Gasteiger partial charge in [0.25, 0.3) is 5.91 Å². The molecule has 1 amide bonds. The molecule has 8 heteroatoms. The van der Waals surface area contributed by atoms with Gasteiger partial charge in [0, 0.05) is 11.8 Å². The number of anilines is 1. The van der Waals surface area contributed by atoms with Crippen molar-refractivity contribution in [3.8, 4) is 11.5 Å². The lowest BCUT2D eigenvalue weighted by Gasteiger charge is -2.26. The van der Waals surface area contributed by atoms with Gasteiger partial charge in [-0.05, 0) is 30.3 Å². The van der Waals surface area contributed by atoms with Crippen LogP contribution in [0, 0.1) is 11.6 Å². The minimum absolute atomic E-state index is 0.0160. The summed E-state index contributed by atoms with van der Waals surface area (Å²) in [6.07, 6.45) is 2.87. The fourth-order valence-electron chi connectivity index (χ4n) is 2.73. The number of carbonyl (C=O) groups is 1. The number of aromatic nitrogens is 2. The maximum absolute atomic E-state index is 13.3. The molecule has 138 valence electrons. The third-order valence-electron chi connectivity index (χ3n) is 4.03. The molecule has 1 unspecified atom stereocenters. The molecule has 0 saturated heterocycles. The van der Waals surface area contributed by atoms with E-state index in [2.05, 4.69) is 10.4 Å². The molecule has 0 spiro atoms. The van der Waals surface area contributed by atoms with Crippen LogP contribution in [0.25, 0.3) is 0 Å². The van der Waals surface area contributed by atoms with E-state index < -0.39 is 17.5 Å². The number of amides is 1. The molecule has 1 N–H and O–H groups in total. The standard InChI is InChI=1S/C19H15F2N3O3/c20-15-6-5-12(7-16(15)21)19(25)23-13-8-22-24(9-13)10-14-11-26-17-3-1-2-4-18(17)27-14/h1-9,14H,10-11H2,(H,23,25). The van der Waals surface area contributed by atoms with Gasteiger partial charge >= 0.3 is 0 Å². The number of hydrogen-bond acceptors (Lipinski definition) is 4. The molecular formula is C19H15F2N3O3. The van der Waals surface area contributed by atoms with E-state index in [0.29, 0.717) is 30.3 Å². The molecule has 1 aliphatic rings. The summed E-state index contributed by atoms with van der Waals surface area (Å²) in [7, 11) is 0. The van der Waals surface area contributed by atoms with Crippen molar-refractivity contribution in [3.63, 3.8) is 0 Å². The zero-order chi connectivity index (χ0) is 18.8. The van der Waals surface area contributed by atoms with Gasteiger partial charge in [-0.1, -0.05) is 12.1 Å². The third-order valence-corrected chi connectivity index (χ3v) is 4.03. The first-order valence-electron chi connectivity index (χ1n) is 8.26. The van der Waals surface area contributed by atoms with Crippen molar-refractivity contribution in [3.05, 3.63) is 72.1 Å². The van der Waals surface area contributed by atoms with Gasteiger partial charge in [-0.2, -0.15) is 5.10 Å². The number of nitrogens with zero attached hydrogens (tertiary/aromatic N) is 2. The molecule has 2 heterocycles. The lowest BCUT2D eigenvalue weighted by molar-refractivity contribution is 0.0759. The van der Waals surface area contributed by atoms with Crippen molar-refractivity contribution in [2.45, 2.75) is 12.6 Å². The Hall–Kier alpha value is -3.42. The Morgan fingerprint density at radius 1 is 1.19 bits per heavy atom. The Morgan fingerprint density at radius 3 is 2.81 bits per heavy atom. The molecule has 27 heavy (non-hydrogen) atoms. The minimum Gasteiger partial charge on any atom is -0.486 e. The zero-order valence-corrected chi connectivity index (χ0v) is 14.1. The highest BCUT2D eigenvalue weighted by atomic mass is 19.2. The molecule has 1 aromatic heterocycles. The number of halogens is 2. The van der Waals surface area contributed by atoms with Crippen LogP contribution in [0.15, 0.2) is 54.9 Å². The normalized spacial score (nSPS) is 15.4. The minimum atomic E-state index is -1.08. The third kappa shape index (κ3) is 3.74. The molecule has 3 aromatic rings. The van der Waals surface area contributed by atoms with Gasteiger partial charge in [0.1, 0.15) is 6.61 Å². The highest BCUT2D eigenvalue weighted by Gasteiger charge is 2.21. The summed E-state index contributed by atoms with van der Waals surface area (Å²) in [5.41, 5.74) is 0.448. The van der Waals surface area contributed by atoms with E-state index in [0.717, 1.165) is 12.1 Å². The van der Waals surface area contributed by atoms with Crippen LogP contribution in [0.4, 0.5) is 14.5 Å². The van der Waals surface area contributed by atoms with Crippen LogP contribution in [0.1, 0.15) is 10.4 Å². The lowest BCUT2D eigenvalue weighted by Crippen LogP contribution is -2.33. The molecule has 0 fully saturated rings. The number of fused-ring (bicyclic) bond motifs is 1. The Kier molecular flexibility index (Phi) is 4.45. The maximum Gasteiger partial charge on any atom is 0.255 e. The summed E-state index contributed by atoms with van der Waals surface area (Å²) < 4.78 is 39.4. The van der Waals surface area contributed by atoms with Crippen LogP contribution >= 0.6 is 0 Å². The number of para-hydroxylation sites is 2. The first-order chi connectivity index (χ1) is 13.1. The van der Waals surface area contributed by atoms with Gasteiger partial charge in [-0.3, -0.25) is 9.48 Å². The maximum atomic E-state index is 13.3. The van der Waals surface area contributed by atoms with E-state index in [1.54, 1.807) is 10.9 Å². The second kappa shape index (κ2) is 7.06. The van der Waals surface area contributed by atoms with Crippen molar-refractivity contribution < 1.29 is 23.0 Å². The van der Waals surface area contributed by atoms with Gasteiger partial charge in [0.05, 0.1) is 18.4 Å². The predicted octanol–water partition coefficient (Wildman–Crippen LogP) is 3.25. The quantitative estimate of drug-likeness (QED) is 0.765. The Balaban J connectivity index is 1.39. The lowest BCUT2D eigenvalue weighted by atomic mass is 10.2. The average molecular weight is 371 g/mol. The van der Waals surface area contributed by atoms with E-state index >= 15 is 0 Å². The van der Waals surface area contributed by atoms with Crippen molar-refractivity contribution in [1.29, 1.82) is 0 Å². The molecule has 1 aliphatic heterocycles. The first kappa shape index (κ1) is 17.0. The van der Waals surface area contributed by atoms with Gasteiger partial charge in [0.2, 0.25) is 0 Å². The van der Waals surface area contributed by atoms with Crippen LogP contribution < -0.4 is 14.8 Å². The largest absolute Gasteiger partial charge is 0.486 e. The summed E-state index contributed by atoms with van der Waals surface area (Å²) in [5.74, 6) is -1.26. The fourth-order valence-corrected chi connectivity index (χ4v) is 2.73. The van der Waals surface area contributed by atoms with Gasteiger partial charge in [-0.25, -0.2) is 8.78 Å². The van der Waals surface area contributed by atoms with Crippen molar-refractivity contribution in [1.82, 2.24) is 9.78 Å². The van der Waals surface area contributed by atoms with Crippen LogP contribution in [0.5, 0.6) is 11.5 Å². The fraction of sp³-hybridized carbons (Fsp3) is 0.158. The van der Waals surface area contributed by atoms with Crippen molar-refractivity contribution in [2.75, 3.05) is 11.9 Å². The van der Waals surface area contributed by atoms with E-state index in [9.17, 15) is 13.6 Å². The molecule has 0 saturated carbocycles. The molecule has 4 rings (SSSR count). The van der Waals surface area contributed by atoms with Gasteiger partial charge in [-0.15, -0.1) is 0 Å². The van der Waals surface area contributed by atoms with Gasteiger partial charge < -0.3 is 14.8 Å². The molecule has 0 bridgehead atoms. The number of benzene rings is 2. The number of ether oxygens (including phenoxy) is 2. The summed E-state index contributed by atoms with van der Waals surface area (Å²) in [6, 6.07) is 10.4. The number of nitrogens with one attached hydrogen (secondary N) is 1. The summed E-state index contributed by atoms with van der Waals surface area (Å²) in [5, 5.41) is 6.77. The van der Waals surface area contributed by atoms with E-state index in [4.69, 9.17) is 9.47 Å². The van der Waals surface area contributed by atoms with Crippen LogP contribution in [-0.2, 0) is 6.54 Å². The smallest absolute Gasteiger partial charge is 0.255 e. The molecule has 0 radical (unpaired) electrons. The van der Waals surface area contributed by atoms with Crippen LogP contribution in [0.3, 0.4) is 0 Å². The highest BCUT2D eigenvalue weighted by molar-refractivity contribution is 6.04. The average Bonchev–Trinajstić information content (AvgIpc) is 3.10. The number of hydrogen-bond donors (Lipinski definition) is 1. The molecule has 0 aliphatic carbocycles. The molecular weight excluding hydrogens is 356 g/mol. The van der Waals surface area contributed by atoms with E-state index in [1.165, 1.54) is 12.3 Å². The van der Waals surface area contributed by atoms with E-state index in [-0.39, 0.29) is 11.7 Å². The monoisotopic (exact) mass is 371 g/mol. The zero-order valence-electron chi connectivity index (χ0n) is 14.1. The van der Waals surface area contributed by atoms with Crippen LogP contribution in [-0.4, -0.2) is 28.4 Å². The van der Waals surface area contributed by atoms with Crippen LogP contribution in [0.2, 0.25) is 0 Å². The first-order valence-corrected chi connectivity index (χ1v) is 8.26. The molecule has 6 nitrogen and oxygen atoms in total. The van der Waals surface area contributed by atoms with Crippen molar-refractivity contribution in [2.24, 2.45) is 0 Å². The number of carbonyl (C=O) groups excluding carboxylic acids is 1. The second-order valence-corrected chi connectivity index (χ2v) is 6.03. The Morgan fingerprint density at radius 2 is 2.00 bits per heavy atom. The Labute approximate surface area is 153 Å². The number of rotatable bonds is 4. The van der Waals surface area contributed by atoms with Crippen molar-refractivity contribution >= 4 is 11.6 Å². The Bertz CT molecular complexity index is 990. The molecule has 2 aromatic carbocycles. The predicted molar refractivity (Wildman–Crippen MR) is 92.9 cm³/mol. The highest BCUT2D eigenvalue weighted by Crippen LogP contribution is 2.31. The summed E-state index contributed by atoms with van der Waals surface area (Å²) in [4.78, 5) is 12.1. The second-order valence-electron chi connectivity index (χ2n) is 6.03. The summed E-state index contributed by atoms with van der Waals surface area (Å²) >= 11 is 0. The topological polar surface area (TPSA) is 65.4 Å². The van der Waals surface area contributed by atoms with E-state index in [1.807, 2.05) is 24.3 Å². The van der Waals surface area contributed by atoms with Gasteiger partial charge in [0.15, 0.2) is 29.2 Å². The molecule has 1 atom stereocenters. The summed E-state index contributed by atoms with van der Waals surface area (Å²) in [6.45, 7) is 0.808.